The minimum atomic E-state index is -0.851. The van der Waals surface area contributed by atoms with Crippen molar-refractivity contribution in [1.29, 1.82) is 0 Å². The Hall–Kier alpha value is -2.91. The lowest BCUT2D eigenvalue weighted by atomic mass is 10.2. The van der Waals surface area contributed by atoms with Crippen LogP contribution in [-0.4, -0.2) is 40.1 Å². The standard InChI is InChI=1S/C14H18N4O6/c19-10-5-6-18(14(23)17-10)7-12(21)24-8-11(20)16-13(22)15-9-3-1-2-4-9/h5-6,9H,1-4,7-8H2,(H,17,19,23)(H2,15,16,20,22). The molecule has 0 radical (unpaired) electrons. The molecule has 3 N–H and O–H groups in total. The fourth-order valence-electron chi connectivity index (χ4n) is 2.35. The number of nitrogens with one attached hydrogen (secondary N) is 3. The molecular weight excluding hydrogens is 320 g/mol. The molecule has 0 aromatic carbocycles. The van der Waals surface area contributed by atoms with Gasteiger partial charge in [0.05, 0.1) is 0 Å². The number of imide groups is 1. The van der Waals surface area contributed by atoms with Crippen LogP contribution < -0.4 is 21.9 Å². The molecule has 24 heavy (non-hydrogen) atoms. The summed E-state index contributed by atoms with van der Waals surface area (Å²) in [5.74, 6) is -1.62. The molecule has 1 aliphatic rings. The highest BCUT2D eigenvalue weighted by atomic mass is 16.5. The number of carbonyl (C=O) groups is 3. The highest BCUT2D eigenvalue weighted by Crippen LogP contribution is 2.17. The summed E-state index contributed by atoms with van der Waals surface area (Å²) in [4.78, 5) is 58.9. The Bertz CT molecular complexity index is 731. The molecule has 3 amide bonds. The lowest BCUT2D eigenvalue weighted by molar-refractivity contribution is -0.148. The second-order valence-electron chi connectivity index (χ2n) is 5.40. The van der Waals surface area contributed by atoms with Crippen molar-refractivity contribution in [3.8, 4) is 0 Å². The minimum Gasteiger partial charge on any atom is -0.454 e. The van der Waals surface area contributed by atoms with Gasteiger partial charge < -0.3 is 10.1 Å². The molecule has 10 nitrogen and oxygen atoms in total. The van der Waals surface area contributed by atoms with Gasteiger partial charge in [0.25, 0.3) is 11.5 Å². The van der Waals surface area contributed by atoms with Crippen molar-refractivity contribution in [2.75, 3.05) is 6.61 Å². The number of aromatic nitrogens is 2. The second kappa shape index (κ2) is 8.09. The van der Waals surface area contributed by atoms with Crippen LogP contribution in [0.3, 0.4) is 0 Å². The quantitative estimate of drug-likeness (QED) is 0.579. The van der Waals surface area contributed by atoms with E-state index < -0.39 is 42.3 Å². The zero-order chi connectivity index (χ0) is 17.5. The van der Waals surface area contributed by atoms with E-state index in [1.807, 2.05) is 4.98 Å². The molecule has 1 aliphatic carbocycles. The van der Waals surface area contributed by atoms with E-state index in [1.54, 1.807) is 0 Å². The SMILES string of the molecule is O=C(COC(=O)Cn1ccc(=O)[nH]c1=O)NC(=O)NC1CCCC1. The maximum Gasteiger partial charge on any atom is 0.328 e. The monoisotopic (exact) mass is 338 g/mol. The molecule has 0 unspecified atom stereocenters. The first-order valence-electron chi connectivity index (χ1n) is 7.50. The van der Waals surface area contributed by atoms with Crippen molar-refractivity contribution in [3.63, 3.8) is 0 Å². The third-order valence-corrected chi connectivity index (χ3v) is 3.50. The van der Waals surface area contributed by atoms with Crippen LogP contribution in [0.2, 0.25) is 0 Å². The first-order valence-corrected chi connectivity index (χ1v) is 7.50. The van der Waals surface area contributed by atoms with Gasteiger partial charge in [-0.2, -0.15) is 0 Å². The molecule has 0 saturated heterocycles. The topological polar surface area (TPSA) is 139 Å². The van der Waals surface area contributed by atoms with Gasteiger partial charge in [-0.25, -0.2) is 9.59 Å². The third-order valence-electron chi connectivity index (χ3n) is 3.50. The molecule has 0 bridgehead atoms. The Morgan fingerprint density at radius 1 is 1.25 bits per heavy atom. The average molecular weight is 338 g/mol. The van der Waals surface area contributed by atoms with Gasteiger partial charge in [-0.05, 0) is 12.8 Å². The van der Waals surface area contributed by atoms with Gasteiger partial charge in [0.1, 0.15) is 6.54 Å². The van der Waals surface area contributed by atoms with Crippen LogP contribution in [0.1, 0.15) is 25.7 Å². The summed E-state index contributed by atoms with van der Waals surface area (Å²) in [7, 11) is 0. The third kappa shape index (κ3) is 5.38. The highest BCUT2D eigenvalue weighted by molar-refractivity contribution is 5.95. The Kier molecular flexibility index (Phi) is 5.88. The lowest BCUT2D eigenvalue weighted by Crippen LogP contribution is -2.45. The second-order valence-corrected chi connectivity index (χ2v) is 5.40. The summed E-state index contributed by atoms with van der Waals surface area (Å²) in [6, 6.07) is 0.515. The Balaban J connectivity index is 1.72. The van der Waals surface area contributed by atoms with Crippen molar-refractivity contribution in [3.05, 3.63) is 33.1 Å². The van der Waals surface area contributed by atoms with E-state index in [1.165, 1.54) is 0 Å². The van der Waals surface area contributed by atoms with E-state index in [-0.39, 0.29) is 6.04 Å². The van der Waals surface area contributed by atoms with Gasteiger partial charge in [-0.1, -0.05) is 12.8 Å². The number of rotatable bonds is 5. The van der Waals surface area contributed by atoms with E-state index in [0.717, 1.165) is 42.5 Å². The maximum absolute atomic E-state index is 11.6. The minimum absolute atomic E-state index is 0.0625. The maximum atomic E-state index is 11.6. The summed E-state index contributed by atoms with van der Waals surface area (Å²) in [5.41, 5.74) is -1.35. The van der Waals surface area contributed by atoms with E-state index in [2.05, 4.69) is 15.4 Å². The molecule has 0 aliphatic heterocycles. The molecule has 1 aromatic heterocycles. The number of amides is 3. The molecule has 0 spiro atoms. The molecule has 1 heterocycles. The smallest absolute Gasteiger partial charge is 0.328 e. The fourth-order valence-corrected chi connectivity index (χ4v) is 2.35. The molecule has 2 rings (SSSR count). The first kappa shape index (κ1) is 17.4. The lowest BCUT2D eigenvalue weighted by Gasteiger charge is -2.12. The number of aromatic amines is 1. The molecule has 10 heteroatoms. The van der Waals surface area contributed by atoms with E-state index >= 15 is 0 Å². The van der Waals surface area contributed by atoms with Gasteiger partial charge in [0.15, 0.2) is 6.61 Å². The van der Waals surface area contributed by atoms with Crippen molar-refractivity contribution >= 4 is 17.9 Å². The van der Waals surface area contributed by atoms with Crippen LogP contribution in [0.15, 0.2) is 21.9 Å². The number of hydrogen-bond acceptors (Lipinski definition) is 6. The van der Waals surface area contributed by atoms with Gasteiger partial charge in [-0.15, -0.1) is 0 Å². The largest absolute Gasteiger partial charge is 0.454 e. The first-order chi connectivity index (χ1) is 11.4. The van der Waals surface area contributed by atoms with Crippen LogP contribution in [0.5, 0.6) is 0 Å². The number of carbonyl (C=O) groups excluding carboxylic acids is 3. The fraction of sp³-hybridized carbons (Fsp3) is 0.500. The van der Waals surface area contributed by atoms with Crippen LogP contribution in [0.25, 0.3) is 0 Å². The Labute approximate surface area is 136 Å². The van der Waals surface area contributed by atoms with Gasteiger partial charge >= 0.3 is 17.7 Å². The van der Waals surface area contributed by atoms with Crippen LogP contribution >= 0.6 is 0 Å². The zero-order valence-corrected chi connectivity index (χ0v) is 12.9. The summed E-state index contributed by atoms with van der Waals surface area (Å²) in [6.07, 6.45) is 4.98. The average Bonchev–Trinajstić information content (AvgIpc) is 3.01. The zero-order valence-electron chi connectivity index (χ0n) is 12.9. The van der Waals surface area contributed by atoms with Crippen molar-refractivity contribution in [2.24, 2.45) is 0 Å². The van der Waals surface area contributed by atoms with Crippen molar-refractivity contribution in [2.45, 2.75) is 38.3 Å². The van der Waals surface area contributed by atoms with Gasteiger partial charge in [0, 0.05) is 18.3 Å². The van der Waals surface area contributed by atoms with Gasteiger partial charge in [-0.3, -0.25) is 29.3 Å². The summed E-state index contributed by atoms with van der Waals surface area (Å²) < 4.78 is 5.61. The summed E-state index contributed by atoms with van der Waals surface area (Å²) >= 11 is 0. The molecule has 0 atom stereocenters. The number of ether oxygens (including phenoxy) is 1. The number of urea groups is 1. The number of esters is 1. The molecule has 1 fully saturated rings. The molecule has 1 aromatic rings. The number of nitrogens with zero attached hydrogens (tertiary/aromatic N) is 1. The Morgan fingerprint density at radius 2 is 1.96 bits per heavy atom. The molecular formula is C14H18N4O6. The van der Waals surface area contributed by atoms with Crippen molar-refractivity contribution < 1.29 is 19.1 Å². The van der Waals surface area contributed by atoms with Crippen LogP contribution in [0.4, 0.5) is 4.79 Å². The predicted octanol–water partition coefficient (Wildman–Crippen LogP) is -1.15. The summed E-state index contributed by atoms with van der Waals surface area (Å²) in [6.45, 7) is -1.10. The Morgan fingerprint density at radius 3 is 2.62 bits per heavy atom. The van der Waals surface area contributed by atoms with Crippen molar-refractivity contribution in [1.82, 2.24) is 20.2 Å². The van der Waals surface area contributed by atoms with Gasteiger partial charge in [0.2, 0.25) is 0 Å². The summed E-state index contributed by atoms with van der Waals surface area (Å²) in [5, 5.41) is 4.72. The van der Waals surface area contributed by atoms with E-state index in [4.69, 9.17) is 0 Å². The molecule has 1 saturated carbocycles. The number of hydrogen-bond donors (Lipinski definition) is 3. The van der Waals surface area contributed by atoms with E-state index in [0.29, 0.717) is 0 Å². The predicted molar refractivity (Wildman–Crippen MR) is 81.2 cm³/mol. The number of H-pyrrole nitrogens is 1. The van der Waals surface area contributed by atoms with Crippen LogP contribution in [-0.2, 0) is 20.9 Å². The molecule has 130 valence electrons. The normalized spacial score (nSPS) is 14.2. The van der Waals surface area contributed by atoms with E-state index in [9.17, 15) is 24.0 Å². The highest BCUT2D eigenvalue weighted by Gasteiger charge is 2.18. The van der Waals surface area contributed by atoms with Crippen LogP contribution in [0, 0.1) is 0 Å².